The Morgan fingerprint density at radius 1 is 0.522 bits per heavy atom. The smallest absolute Gasteiger partial charge is 0.307 e. The van der Waals surface area contributed by atoms with Gasteiger partial charge in [0, 0.05) is 10.6 Å². The van der Waals surface area contributed by atoms with E-state index in [0.29, 0.717) is 6.16 Å². The minimum Gasteiger partial charge on any atom is -0.481 e. The van der Waals surface area contributed by atoms with Crippen LogP contribution in [0.25, 0.3) is 0 Å². The van der Waals surface area contributed by atoms with Gasteiger partial charge >= 0.3 is 5.97 Å². The average Bonchev–Trinajstić information content (AvgIpc) is 3.51. The van der Waals surface area contributed by atoms with Crippen LogP contribution in [0.4, 0.5) is 0 Å². The SMILES string of the molecule is O=C(O)CC[P+](C1=PC(=P(c2ccccc2)(c2ccccc2)c2ccccc2)c2ccccc21)(c1ccccc1)c1ccccc1. The number of hydrogen-bond donors (Lipinski definition) is 1. The molecule has 0 radical (unpaired) electrons. The standard InChI is InChI=1S/C41H33O2P3/c42-39(43)30-31-45(32-18-6-1-7-19-32,33-20-8-2-9-21-33)40-37-28-16-17-29-38(37)41(44-40)46(34-22-10-3-11-23-34,35-24-12-4-13-25-35)36-26-14-5-15-27-36/h1-29H,30-31H2/p+1. The molecule has 6 aromatic carbocycles. The number of carboxylic acids is 1. The fourth-order valence-corrected chi connectivity index (χ4v) is 19.8. The lowest BCUT2D eigenvalue weighted by Gasteiger charge is -2.31. The van der Waals surface area contributed by atoms with E-state index >= 15 is 0 Å². The lowest BCUT2D eigenvalue weighted by Crippen LogP contribution is -2.31. The van der Waals surface area contributed by atoms with Gasteiger partial charge in [0.1, 0.15) is 22.9 Å². The van der Waals surface area contributed by atoms with Crippen molar-refractivity contribution in [3.05, 3.63) is 187 Å². The van der Waals surface area contributed by atoms with E-state index in [1.54, 1.807) is 0 Å². The van der Waals surface area contributed by atoms with Gasteiger partial charge in [-0.15, -0.1) is 0 Å². The predicted octanol–water partition coefficient (Wildman–Crippen LogP) is 7.74. The Bertz CT molecular complexity index is 1920. The van der Waals surface area contributed by atoms with Crippen molar-refractivity contribution in [1.29, 1.82) is 0 Å². The Morgan fingerprint density at radius 2 is 0.891 bits per heavy atom. The Morgan fingerprint density at radius 3 is 1.30 bits per heavy atom. The molecule has 0 saturated heterocycles. The van der Waals surface area contributed by atoms with E-state index in [2.05, 4.69) is 176 Å². The van der Waals surface area contributed by atoms with Gasteiger partial charge in [-0.1, -0.05) is 146 Å². The molecule has 1 heterocycles. The van der Waals surface area contributed by atoms with Crippen molar-refractivity contribution >= 4 is 64.9 Å². The van der Waals surface area contributed by atoms with Gasteiger partial charge in [0.15, 0.2) is 0 Å². The topological polar surface area (TPSA) is 37.3 Å². The third-order valence-electron chi connectivity index (χ3n) is 8.79. The average molecular weight is 652 g/mol. The molecule has 0 saturated carbocycles. The molecular weight excluding hydrogens is 617 g/mol. The molecule has 1 aliphatic rings. The van der Waals surface area contributed by atoms with Crippen molar-refractivity contribution in [1.82, 2.24) is 0 Å². The van der Waals surface area contributed by atoms with Crippen LogP contribution >= 0.6 is 22.4 Å². The first-order valence-electron chi connectivity index (χ1n) is 15.5. The molecule has 0 atom stereocenters. The Balaban J connectivity index is 1.70. The molecule has 2 nitrogen and oxygen atoms in total. The maximum absolute atomic E-state index is 12.4. The lowest BCUT2D eigenvalue weighted by atomic mass is 10.1. The Labute approximate surface area is 273 Å². The molecule has 0 fully saturated rings. The Kier molecular flexibility index (Phi) is 8.71. The van der Waals surface area contributed by atoms with Crippen molar-refractivity contribution < 1.29 is 9.90 Å². The molecule has 0 unspecified atom stereocenters. The number of fused-ring (bicyclic) bond motifs is 1. The number of benzene rings is 6. The molecule has 224 valence electrons. The molecule has 7 rings (SSSR count). The molecule has 0 bridgehead atoms. The first kappa shape index (κ1) is 30.3. The zero-order valence-corrected chi connectivity index (χ0v) is 28.0. The maximum atomic E-state index is 12.4. The van der Waals surface area contributed by atoms with Crippen LogP contribution in [0.1, 0.15) is 17.5 Å². The van der Waals surface area contributed by atoms with E-state index in [1.807, 2.05) is 0 Å². The summed E-state index contributed by atoms with van der Waals surface area (Å²) in [6.07, 6.45) is 0.665. The van der Waals surface area contributed by atoms with Gasteiger partial charge in [-0.2, -0.15) is 0 Å². The molecular formula is C41H34O2P3+. The van der Waals surface area contributed by atoms with Crippen LogP contribution in [0.2, 0.25) is 0 Å². The predicted molar refractivity (Wildman–Crippen MR) is 203 cm³/mol. The van der Waals surface area contributed by atoms with Gasteiger partial charge in [-0.25, -0.2) is 0 Å². The van der Waals surface area contributed by atoms with Gasteiger partial charge in [0.25, 0.3) is 0 Å². The molecule has 0 aromatic heterocycles. The number of aliphatic carboxylic acids is 1. The molecule has 6 aromatic rings. The van der Waals surface area contributed by atoms with Crippen molar-refractivity contribution in [3.63, 3.8) is 0 Å². The summed E-state index contributed by atoms with van der Waals surface area (Å²) in [6.45, 7) is -2.38. The van der Waals surface area contributed by atoms with E-state index in [9.17, 15) is 9.90 Å². The highest BCUT2D eigenvalue weighted by Crippen LogP contribution is 2.66. The number of carbonyl (C=O) groups is 1. The van der Waals surface area contributed by atoms with Crippen LogP contribution in [-0.4, -0.2) is 27.3 Å². The van der Waals surface area contributed by atoms with Gasteiger partial charge in [-0.3, -0.25) is 4.79 Å². The van der Waals surface area contributed by atoms with E-state index in [1.165, 1.54) is 47.7 Å². The zero-order chi connectivity index (χ0) is 31.4. The monoisotopic (exact) mass is 651 g/mol. The Hall–Kier alpha value is -4.31. The van der Waals surface area contributed by atoms with Gasteiger partial charge < -0.3 is 5.11 Å². The molecule has 46 heavy (non-hydrogen) atoms. The van der Waals surface area contributed by atoms with Crippen LogP contribution in [0.3, 0.4) is 0 Å². The summed E-state index contributed by atoms with van der Waals surface area (Å²) in [5.41, 5.74) is 2.52. The van der Waals surface area contributed by atoms with Crippen LogP contribution in [0, 0.1) is 0 Å². The van der Waals surface area contributed by atoms with Crippen molar-refractivity contribution in [2.75, 3.05) is 6.16 Å². The highest BCUT2D eigenvalue weighted by Gasteiger charge is 2.51. The minimum absolute atomic E-state index is 0.102. The highest BCUT2D eigenvalue weighted by molar-refractivity contribution is 8.14. The van der Waals surface area contributed by atoms with E-state index in [4.69, 9.17) is 0 Å². The van der Waals surface area contributed by atoms with Gasteiger partial charge in [0.2, 0.25) is 0 Å². The summed E-state index contributed by atoms with van der Waals surface area (Å²) < 4.78 is 0. The second-order valence-electron chi connectivity index (χ2n) is 11.3. The fraction of sp³-hybridized carbons (Fsp3) is 0.0488. The summed E-state index contributed by atoms with van der Waals surface area (Å²) in [7, 11) is -1.24. The summed E-state index contributed by atoms with van der Waals surface area (Å²) >= 11 is 0. The van der Waals surface area contributed by atoms with E-state index in [0.717, 1.165) is 8.20 Å². The normalized spacial score (nSPS) is 13.1. The number of rotatable bonds is 9. The largest absolute Gasteiger partial charge is 0.481 e. The molecule has 1 aliphatic heterocycles. The first-order valence-corrected chi connectivity index (χ1v) is 20.1. The second-order valence-corrected chi connectivity index (χ2v) is 20.0. The molecule has 1 N–H and O–H groups in total. The fourth-order valence-electron chi connectivity index (χ4n) is 6.80. The first-order chi connectivity index (χ1) is 22.7. The molecule has 0 amide bonds. The molecule has 0 spiro atoms. The summed E-state index contributed by atoms with van der Waals surface area (Å²) in [5, 5.41) is 19.3. The number of carboxylic acid groups (broad SMARTS) is 1. The van der Waals surface area contributed by atoms with Crippen LogP contribution < -0.4 is 26.5 Å². The summed E-state index contributed by atoms with van der Waals surface area (Å²) in [5.74, 6) is -0.760. The second kappa shape index (κ2) is 13.2. The van der Waals surface area contributed by atoms with Crippen LogP contribution in [-0.2, 0) is 4.79 Å². The van der Waals surface area contributed by atoms with E-state index < -0.39 is 20.1 Å². The summed E-state index contributed by atoms with van der Waals surface area (Å²) in [4.78, 5) is 12.4. The molecule has 0 aliphatic carbocycles. The van der Waals surface area contributed by atoms with Gasteiger partial charge in [0.05, 0.1) is 12.6 Å². The van der Waals surface area contributed by atoms with E-state index in [-0.39, 0.29) is 6.42 Å². The zero-order valence-electron chi connectivity index (χ0n) is 25.4. The minimum atomic E-state index is -2.40. The molecule has 5 heteroatoms. The van der Waals surface area contributed by atoms with Crippen molar-refractivity contribution in [2.45, 2.75) is 6.42 Å². The van der Waals surface area contributed by atoms with Crippen molar-refractivity contribution in [2.24, 2.45) is 0 Å². The highest BCUT2D eigenvalue weighted by atomic mass is 31.2. The quantitative estimate of drug-likeness (QED) is 0.163. The third kappa shape index (κ3) is 5.22. The third-order valence-corrected chi connectivity index (χ3v) is 20.5. The van der Waals surface area contributed by atoms with Gasteiger partial charge in [-0.05, 0) is 66.9 Å². The number of hydrogen-bond acceptors (Lipinski definition) is 1. The van der Waals surface area contributed by atoms with Crippen molar-refractivity contribution in [3.8, 4) is 0 Å². The van der Waals surface area contributed by atoms with Crippen LogP contribution in [0.15, 0.2) is 176 Å². The summed E-state index contributed by atoms with van der Waals surface area (Å²) in [6, 6.07) is 63.4. The lowest BCUT2D eigenvalue weighted by molar-refractivity contribution is -0.136. The van der Waals surface area contributed by atoms with Crippen LogP contribution in [0.5, 0.6) is 0 Å². The maximum Gasteiger partial charge on any atom is 0.307 e.